The summed E-state index contributed by atoms with van der Waals surface area (Å²) >= 11 is 0. The Hall–Kier alpha value is -2.45. The molecule has 0 fully saturated rings. The molecule has 1 amide bonds. The standard InChI is InChI=1S/C19H23FN2O4S/c1-4-22(12-14-8-9-18(26-2)17(20)10-14)13-19(23)21-15-6-5-7-16(11-15)27(3,24)25/h5-11H,4,12-13H2,1-3H3,(H,21,23)/p+1. The second-order valence-corrected chi connectivity index (χ2v) is 8.29. The van der Waals surface area contributed by atoms with Crippen LogP contribution in [0, 0.1) is 5.82 Å². The van der Waals surface area contributed by atoms with Crippen LogP contribution in [0.3, 0.4) is 0 Å². The van der Waals surface area contributed by atoms with Crippen molar-refractivity contribution in [2.45, 2.75) is 18.4 Å². The zero-order chi connectivity index (χ0) is 20.0. The van der Waals surface area contributed by atoms with Gasteiger partial charge in [-0.3, -0.25) is 4.79 Å². The summed E-state index contributed by atoms with van der Waals surface area (Å²) in [5, 5.41) is 2.72. The summed E-state index contributed by atoms with van der Waals surface area (Å²) in [4.78, 5) is 13.4. The number of nitrogens with one attached hydrogen (secondary N) is 2. The molecule has 2 rings (SSSR count). The summed E-state index contributed by atoms with van der Waals surface area (Å²) in [7, 11) is -1.93. The first-order chi connectivity index (χ1) is 12.7. The fraction of sp³-hybridized carbons (Fsp3) is 0.316. The van der Waals surface area contributed by atoms with Gasteiger partial charge < -0.3 is 15.0 Å². The molecule has 0 spiro atoms. The molecule has 0 bridgehead atoms. The Bertz CT molecular complexity index is 916. The lowest BCUT2D eigenvalue weighted by Gasteiger charge is -2.18. The van der Waals surface area contributed by atoms with E-state index < -0.39 is 15.7 Å². The zero-order valence-electron chi connectivity index (χ0n) is 15.6. The van der Waals surface area contributed by atoms with Crippen LogP contribution in [0.5, 0.6) is 5.75 Å². The van der Waals surface area contributed by atoms with Gasteiger partial charge in [0.1, 0.15) is 6.54 Å². The molecular weight excluding hydrogens is 371 g/mol. The maximum atomic E-state index is 13.8. The molecule has 0 aliphatic heterocycles. The topological polar surface area (TPSA) is 76.9 Å². The van der Waals surface area contributed by atoms with Crippen LogP contribution in [0.2, 0.25) is 0 Å². The summed E-state index contributed by atoms with van der Waals surface area (Å²) in [5.41, 5.74) is 1.19. The first kappa shape index (κ1) is 20.9. The van der Waals surface area contributed by atoms with Crippen LogP contribution in [0.1, 0.15) is 12.5 Å². The lowest BCUT2D eigenvalue weighted by Crippen LogP contribution is -3.11. The van der Waals surface area contributed by atoms with Crippen molar-refractivity contribution in [2.24, 2.45) is 0 Å². The number of methoxy groups -OCH3 is 1. The Morgan fingerprint density at radius 1 is 1.22 bits per heavy atom. The zero-order valence-corrected chi connectivity index (χ0v) is 16.4. The van der Waals surface area contributed by atoms with Crippen LogP contribution in [-0.4, -0.2) is 40.8 Å². The van der Waals surface area contributed by atoms with E-state index in [9.17, 15) is 17.6 Å². The lowest BCUT2D eigenvalue weighted by molar-refractivity contribution is -0.903. The number of hydrogen-bond donors (Lipinski definition) is 2. The summed E-state index contributed by atoms with van der Waals surface area (Å²) in [5.74, 6) is -0.501. The van der Waals surface area contributed by atoms with Crippen molar-refractivity contribution in [1.82, 2.24) is 0 Å². The fourth-order valence-corrected chi connectivity index (χ4v) is 3.32. The number of quaternary nitrogens is 1. The number of ether oxygens (including phenoxy) is 1. The Kier molecular flexibility index (Phi) is 6.92. The third kappa shape index (κ3) is 6.04. The van der Waals surface area contributed by atoms with Crippen LogP contribution in [0.15, 0.2) is 47.4 Å². The maximum absolute atomic E-state index is 13.8. The molecule has 0 heterocycles. The van der Waals surface area contributed by atoms with Crippen molar-refractivity contribution in [1.29, 1.82) is 0 Å². The molecule has 146 valence electrons. The average molecular weight is 395 g/mol. The number of anilines is 1. The third-order valence-electron chi connectivity index (χ3n) is 4.13. The van der Waals surface area contributed by atoms with Crippen molar-refractivity contribution in [2.75, 3.05) is 31.8 Å². The minimum absolute atomic E-state index is 0.147. The number of amides is 1. The van der Waals surface area contributed by atoms with E-state index in [1.54, 1.807) is 24.3 Å². The number of rotatable bonds is 8. The van der Waals surface area contributed by atoms with Crippen LogP contribution >= 0.6 is 0 Å². The largest absolute Gasteiger partial charge is 0.494 e. The quantitative estimate of drug-likeness (QED) is 0.706. The molecule has 27 heavy (non-hydrogen) atoms. The van der Waals surface area contributed by atoms with E-state index >= 15 is 0 Å². The van der Waals surface area contributed by atoms with E-state index in [-0.39, 0.29) is 23.1 Å². The highest BCUT2D eigenvalue weighted by molar-refractivity contribution is 7.90. The molecule has 8 heteroatoms. The second-order valence-electron chi connectivity index (χ2n) is 6.27. The normalized spacial score (nSPS) is 12.4. The molecule has 0 saturated heterocycles. The number of carbonyl (C=O) groups is 1. The van der Waals surface area contributed by atoms with Gasteiger partial charge in [0.15, 0.2) is 27.9 Å². The molecular formula is C19H24FN2O4S+. The first-order valence-electron chi connectivity index (χ1n) is 8.49. The van der Waals surface area contributed by atoms with E-state index in [4.69, 9.17) is 4.74 Å². The third-order valence-corrected chi connectivity index (χ3v) is 5.24. The number of halogens is 1. The number of likely N-dealkylation sites (N-methyl/N-ethyl adjacent to an activating group) is 1. The van der Waals surface area contributed by atoms with Crippen molar-refractivity contribution in [3.05, 3.63) is 53.8 Å². The van der Waals surface area contributed by atoms with Gasteiger partial charge in [-0.1, -0.05) is 6.07 Å². The minimum atomic E-state index is -3.34. The molecule has 2 aromatic rings. The van der Waals surface area contributed by atoms with E-state index in [1.165, 1.54) is 25.3 Å². The summed E-state index contributed by atoms with van der Waals surface area (Å²) in [6, 6.07) is 10.9. The van der Waals surface area contributed by atoms with E-state index in [1.807, 2.05) is 6.92 Å². The van der Waals surface area contributed by atoms with E-state index in [0.717, 1.165) is 16.7 Å². The van der Waals surface area contributed by atoms with Crippen LogP contribution in [0.25, 0.3) is 0 Å². The van der Waals surface area contributed by atoms with Gasteiger partial charge >= 0.3 is 0 Å². The van der Waals surface area contributed by atoms with Gasteiger partial charge in [0.2, 0.25) is 0 Å². The van der Waals surface area contributed by atoms with Crippen molar-refractivity contribution in [3.8, 4) is 5.75 Å². The Morgan fingerprint density at radius 3 is 2.56 bits per heavy atom. The molecule has 0 aliphatic rings. The molecule has 0 saturated carbocycles. The fourth-order valence-electron chi connectivity index (χ4n) is 2.66. The molecule has 0 aromatic heterocycles. The minimum Gasteiger partial charge on any atom is -0.494 e. The van der Waals surface area contributed by atoms with Crippen LogP contribution < -0.4 is 15.0 Å². The van der Waals surface area contributed by atoms with Crippen molar-refractivity contribution in [3.63, 3.8) is 0 Å². The monoisotopic (exact) mass is 395 g/mol. The van der Waals surface area contributed by atoms with Gasteiger partial charge in [-0.05, 0) is 43.3 Å². The van der Waals surface area contributed by atoms with Gasteiger partial charge in [-0.15, -0.1) is 0 Å². The Balaban J connectivity index is 2.02. The highest BCUT2D eigenvalue weighted by Gasteiger charge is 2.15. The SMILES string of the molecule is CC[NH+](CC(=O)Nc1cccc(S(C)(=O)=O)c1)Cc1ccc(OC)c(F)c1. The predicted molar refractivity (Wildman–Crippen MR) is 101 cm³/mol. The van der Waals surface area contributed by atoms with Crippen LogP contribution in [-0.2, 0) is 21.2 Å². The van der Waals surface area contributed by atoms with Crippen molar-refractivity contribution >= 4 is 21.4 Å². The van der Waals surface area contributed by atoms with Gasteiger partial charge in [-0.2, -0.15) is 0 Å². The average Bonchev–Trinajstić information content (AvgIpc) is 2.60. The molecule has 2 N–H and O–H groups in total. The summed E-state index contributed by atoms with van der Waals surface area (Å²) < 4.78 is 42.0. The first-order valence-corrected chi connectivity index (χ1v) is 10.4. The Morgan fingerprint density at radius 2 is 1.96 bits per heavy atom. The summed E-state index contributed by atoms with van der Waals surface area (Å²) in [6.45, 7) is 3.26. The molecule has 0 aliphatic carbocycles. The highest BCUT2D eigenvalue weighted by atomic mass is 32.2. The Labute approximate surface area is 158 Å². The molecule has 6 nitrogen and oxygen atoms in total. The summed E-state index contributed by atoms with van der Waals surface area (Å²) in [6.07, 6.45) is 1.12. The van der Waals surface area contributed by atoms with E-state index in [0.29, 0.717) is 18.8 Å². The van der Waals surface area contributed by atoms with Gasteiger partial charge in [0.05, 0.1) is 18.6 Å². The molecule has 1 unspecified atom stereocenters. The van der Waals surface area contributed by atoms with Gasteiger partial charge in [0, 0.05) is 17.5 Å². The smallest absolute Gasteiger partial charge is 0.279 e. The molecule has 0 radical (unpaired) electrons. The van der Waals surface area contributed by atoms with Crippen LogP contribution in [0.4, 0.5) is 10.1 Å². The number of benzene rings is 2. The van der Waals surface area contributed by atoms with Crippen molar-refractivity contribution < 1.29 is 27.2 Å². The molecule has 1 atom stereocenters. The number of hydrogen-bond acceptors (Lipinski definition) is 4. The maximum Gasteiger partial charge on any atom is 0.279 e. The highest BCUT2D eigenvalue weighted by Crippen LogP contribution is 2.17. The van der Waals surface area contributed by atoms with Gasteiger partial charge in [-0.25, -0.2) is 12.8 Å². The second kappa shape index (κ2) is 8.96. The lowest BCUT2D eigenvalue weighted by atomic mass is 10.2. The predicted octanol–water partition coefficient (Wildman–Crippen LogP) is 1.28. The number of carbonyl (C=O) groups excluding carboxylic acids is 1. The van der Waals surface area contributed by atoms with E-state index in [2.05, 4.69) is 5.32 Å². The van der Waals surface area contributed by atoms with Gasteiger partial charge in [0.25, 0.3) is 5.91 Å². The number of sulfone groups is 1. The molecule has 2 aromatic carbocycles.